The highest BCUT2D eigenvalue weighted by molar-refractivity contribution is 7.89. The van der Waals surface area contributed by atoms with Crippen molar-refractivity contribution in [3.05, 3.63) is 29.8 Å². The number of benzene rings is 1. The third-order valence-electron chi connectivity index (χ3n) is 2.76. The molecule has 0 heterocycles. The van der Waals surface area contributed by atoms with Crippen molar-refractivity contribution in [1.82, 2.24) is 4.31 Å². The van der Waals surface area contributed by atoms with Crippen molar-refractivity contribution >= 4 is 16.0 Å². The molecule has 0 amide bonds. The van der Waals surface area contributed by atoms with Crippen molar-refractivity contribution in [2.24, 2.45) is 5.73 Å². The summed E-state index contributed by atoms with van der Waals surface area (Å²) >= 11 is 0. The second kappa shape index (κ2) is 7.78. The van der Waals surface area contributed by atoms with Gasteiger partial charge in [-0.15, -0.1) is 0 Å². The quantitative estimate of drug-likeness (QED) is 0.619. The maximum absolute atomic E-state index is 12.3. The lowest BCUT2D eigenvalue weighted by atomic mass is 10.2. The van der Waals surface area contributed by atoms with Gasteiger partial charge in [-0.3, -0.25) is 4.79 Å². The fourth-order valence-electron chi connectivity index (χ4n) is 1.51. The number of carbonyl (C=O) groups is 1. The molecule has 0 atom stereocenters. The van der Waals surface area contributed by atoms with E-state index in [1.165, 1.54) is 26.3 Å². The first-order chi connectivity index (χ1) is 9.91. The van der Waals surface area contributed by atoms with E-state index in [4.69, 9.17) is 5.73 Å². The number of nitrogens with zero attached hydrogens (tertiary/aromatic N) is 1. The van der Waals surface area contributed by atoms with E-state index in [9.17, 15) is 13.2 Å². The predicted octanol–water partition coefficient (Wildman–Crippen LogP) is 0.180. The van der Waals surface area contributed by atoms with Crippen molar-refractivity contribution in [3.8, 4) is 11.8 Å². The van der Waals surface area contributed by atoms with Gasteiger partial charge in [-0.1, -0.05) is 11.8 Å². The van der Waals surface area contributed by atoms with E-state index < -0.39 is 16.0 Å². The summed E-state index contributed by atoms with van der Waals surface area (Å²) in [5.41, 5.74) is 5.96. The standard InChI is InChI=1S/C14H18N2O4S/c1-16(11-9-14(17)20-2)21(18,19)13-7-5-12(6-8-13)4-3-10-15/h5-8H,9-11,15H2,1-2H3. The Bertz CT molecular complexity index is 642. The zero-order chi connectivity index (χ0) is 15.9. The fraction of sp³-hybridized carbons (Fsp3) is 0.357. The Kier molecular flexibility index (Phi) is 6.37. The lowest BCUT2D eigenvalue weighted by molar-refractivity contribution is -0.140. The fourth-order valence-corrected chi connectivity index (χ4v) is 2.69. The largest absolute Gasteiger partial charge is 0.469 e. The molecule has 0 bridgehead atoms. The molecular formula is C14H18N2O4S. The second-order valence-corrected chi connectivity index (χ2v) is 6.23. The van der Waals surface area contributed by atoms with Gasteiger partial charge in [0.25, 0.3) is 0 Å². The third-order valence-corrected chi connectivity index (χ3v) is 4.63. The molecule has 0 aliphatic rings. The van der Waals surface area contributed by atoms with Gasteiger partial charge in [0.1, 0.15) is 0 Å². The third kappa shape index (κ3) is 4.86. The smallest absolute Gasteiger partial charge is 0.306 e. The Morgan fingerprint density at radius 1 is 1.33 bits per heavy atom. The summed E-state index contributed by atoms with van der Waals surface area (Å²) in [6, 6.07) is 6.18. The zero-order valence-electron chi connectivity index (χ0n) is 12.0. The molecular weight excluding hydrogens is 292 g/mol. The van der Waals surface area contributed by atoms with Crippen molar-refractivity contribution in [2.75, 3.05) is 27.2 Å². The second-order valence-electron chi connectivity index (χ2n) is 4.18. The molecule has 0 aliphatic carbocycles. The normalized spacial score (nSPS) is 10.9. The monoisotopic (exact) mass is 310 g/mol. The average molecular weight is 310 g/mol. The van der Waals surface area contributed by atoms with Gasteiger partial charge in [0.05, 0.1) is 25.0 Å². The van der Waals surface area contributed by atoms with Crippen LogP contribution in [0.4, 0.5) is 0 Å². The van der Waals surface area contributed by atoms with E-state index in [0.29, 0.717) is 5.56 Å². The Balaban J connectivity index is 2.84. The molecule has 2 N–H and O–H groups in total. The summed E-state index contributed by atoms with van der Waals surface area (Å²) < 4.78 is 30.2. The van der Waals surface area contributed by atoms with Gasteiger partial charge < -0.3 is 10.5 Å². The molecule has 0 saturated heterocycles. The van der Waals surface area contributed by atoms with Crippen LogP contribution in [-0.2, 0) is 19.6 Å². The van der Waals surface area contributed by atoms with Gasteiger partial charge in [-0.25, -0.2) is 12.7 Å². The van der Waals surface area contributed by atoms with Crippen LogP contribution < -0.4 is 5.73 Å². The number of nitrogens with two attached hydrogens (primary N) is 1. The first-order valence-corrected chi connectivity index (χ1v) is 7.68. The molecule has 7 heteroatoms. The highest BCUT2D eigenvalue weighted by Gasteiger charge is 2.21. The van der Waals surface area contributed by atoms with Crippen LogP contribution in [0.2, 0.25) is 0 Å². The van der Waals surface area contributed by atoms with E-state index in [1.807, 2.05) is 0 Å². The Hall–Kier alpha value is -1.88. The molecule has 0 unspecified atom stereocenters. The lowest BCUT2D eigenvalue weighted by Gasteiger charge is -2.16. The highest BCUT2D eigenvalue weighted by atomic mass is 32.2. The topological polar surface area (TPSA) is 89.7 Å². The SMILES string of the molecule is COC(=O)CCN(C)S(=O)(=O)c1ccc(C#CCN)cc1. The average Bonchev–Trinajstić information content (AvgIpc) is 2.50. The molecule has 0 fully saturated rings. The number of hydrogen-bond donors (Lipinski definition) is 1. The van der Waals surface area contributed by atoms with Gasteiger partial charge in [0.15, 0.2) is 0 Å². The summed E-state index contributed by atoms with van der Waals surface area (Å²) in [7, 11) is -0.949. The van der Waals surface area contributed by atoms with Crippen LogP contribution in [0.3, 0.4) is 0 Å². The molecule has 0 spiro atoms. The molecule has 1 aromatic rings. The Morgan fingerprint density at radius 2 is 1.95 bits per heavy atom. The minimum absolute atomic E-state index is 0.00624. The van der Waals surface area contributed by atoms with Crippen LogP contribution in [-0.4, -0.2) is 45.9 Å². The molecule has 1 rings (SSSR count). The van der Waals surface area contributed by atoms with Crippen LogP contribution in [0, 0.1) is 11.8 Å². The molecule has 114 valence electrons. The number of esters is 1. The van der Waals surface area contributed by atoms with E-state index in [0.717, 1.165) is 4.31 Å². The summed E-state index contributed by atoms with van der Waals surface area (Å²) in [5, 5.41) is 0. The highest BCUT2D eigenvalue weighted by Crippen LogP contribution is 2.15. The van der Waals surface area contributed by atoms with Gasteiger partial charge in [0, 0.05) is 19.2 Å². The van der Waals surface area contributed by atoms with E-state index in [1.54, 1.807) is 12.1 Å². The first-order valence-electron chi connectivity index (χ1n) is 6.24. The Morgan fingerprint density at radius 3 is 2.48 bits per heavy atom. The number of carbonyl (C=O) groups excluding carboxylic acids is 1. The van der Waals surface area contributed by atoms with Gasteiger partial charge in [0.2, 0.25) is 10.0 Å². The number of ether oxygens (including phenoxy) is 1. The van der Waals surface area contributed by atoms with Gasteiger partial charge in [-0.2, -0.15) is 0 Å². The Labute approximate surface area is 124 Å². The molecule has 0 aliphatic heterocycles. The van der Waals surface area contributed by atoms with Crippen LogP contribution in [0.15, 0.2) is 29.2 Å². The van der Waals surface area contributed by atoms with Crippen LogP contribution in [0.1, 0.15) is 12.0 Å². The summed E-state index contributed by atoms with van der Waals surface area (Å²) in [4.78, 5) is 11.2. The number of sulfonamides is 1. The molecule has 0 aromatic heterocycles. The minimum atomic E-state index is -3.63. The zero-order valence-corrected chi connectivity index (χ0v) is 12.8. The number of hydrogen-bond acceptors (Lipinski definition) is 5. The van der Waals surface area contributed by atoms with Gasteiger partial charge >= 0.3 is 5.97 Å². The van der Waals surface area contributed by atoms with Crippen LogP contribution in [0.25, 0.3) is 0 Å². The van der Waals surface area contributed by atoms with Crippen LogP contribution in [0.5, 0.6) is 0 Å². The van der Waals surface area contributed by atoms with Crippen molar-refractivity contribution in [2.45, 2.75) is 11.3 Å². The molecule has 1 aromatic carbocycles. The maximum Gasteiger partial charge on any atom is 0.306 e. The van der Waals surface area contributed by atoms with Crippen molar-refractivity contribution < 1.29 is 17.9 Å². The maximum atomic E-state index is 12.3. The summed E-state index contributed by atoms with van der Waals surface area (Å²) in [6.45, 7) is 0.306. The minimum Gasteiger partial charge on any atom is -0.469 e. The van der Waals surface area contributed by atoms with Gasteiger partial charge in [-0.05, 0) is 24.3 Å². The molecule has 0 radical (unpaired) electrons. The van der Waals surface area contributed by atoms with Crippen LogP contribution >= 0.6 is 0 Å². The first kappa shape index (κ1) is 17.2. The number of methoxy groups -OCH3 is 1. The van der Waals surface area contributed by atoms with Crippen molar-refractivity contribution in [3.63, 3.8) is 0 Å². The van der Waals surface area contributed by atoms with E-state index in [2.05, 4.69) is 16.6 Å². The molecule has 6 nitrogen and oxygen atoms in total. The van der Waals surface area contributed by atoms with E-state index in [-0.39, 0.29) is 24.4 Å². The number of rotatable bonds is 5. The predicted molar refractivity (Wildman–Crippen MR) is 78.8 cm³/mol. The molecule has 0 saturated carbocycles. The molecule has 21 heavy (non-hydrogen) atoms. The lowest BCUT2D eigenvalue weighted by Crippen LogP contribution is -2.29. The van der Waals surface area contributed by atoms with Crippen molar-refractivity contribution in [1.29, 1.82) is 0 Å². The summed E-state index contributed by atoms with van der Waals surface area (Å²) in [5.74, 6) is 5.05. The van der Waals surface area contributed by atoms with E-state index >= 15 is 0 Å². The summed E-state index contributed by atoms with van der Waals surface area (Å²) in [6.07, 6.45) is 0.00624.